The van der Waals surface area contributed by atoms with Gasteiger partial charge in [0, 0.05) is 6.42 Å². The summed E-state index contributed by atoms with van der Waals surface area (Å²) in [7, 11) is 0. The second-order valence-corrected chi connectivity index (χ2v) is 11.8. The Balaban J connectivity index is 1.61. The highest BCUT2D eigenvalue weighted by molar-refractivity contribution is 5.66. The molecule has 0 heterocycles. The highest BCUT2D eigenvalue weighted by Crippen LogP contribution is 2.69. The number of aliphatic carboxylic acids is 1. The lowest BCUT2D eigenvalue weighted by Crippen LogP contribution is -2.61. The first kappa shape index (κ1) is 21.7. The van der Waals surface area contributed by atoms with Crippen molar-refractivity contribution in [3.05, 3.63) is 0 Å². The summed E-state index contributed by atoms with van der Waals surface area (Å²) in [6.45, 7) is 9.69. The van der Waals surface area contributed by atoms with Crippen molar-refractivity contribution >= 4 is 5.97 Å². The van der Waals surface area contributed by atoms with Crippen molar-refractivity contribution in [3.63, 3.8) is 0 Å². The van der Waals surface area contributed by atoms with Gasteiger partial charge in [-0.15, -0.1) is 0 Å². The maximum atomic E-state index is 11.7. The van der Waals surface area contributed by atoms with Crippen LogP contribution in [-0.4, -0.2) is 22.3 Å². The van der Waals surface area contributed by atoms with Gasteiger partial charge in [-0.3, -0.25) is 4.79 Å². The first-order valence-corrected chi connectivity index (χ1v) is 12.6. The molecule has 0 saturated heterocycles. The molecule has 3 nitrogen and oxygen atoms in total. The second-order valence-electron chi connectivity index (χ2n) is 11.8. The van der Waals surface area contributed by atoms with Crippen molar-refractivity contribution in [3.8, 4) is 0 Å². The summed E-state index contributed by atoms with van der Waals surface area (Å²) in [5, 5.41) is 20.9. The first-order chi connectivity index (χ1) is 13.7. The smallest absolute Gasteiger partial charge is 0.303 e. The molecule has 0 aromatic rings. The third-order valence-electron chi connectivity index (χ3n) is 10.9. The van der Waals surface area contributed by atoms with Gasteiger partial charge in [0.15, 0.2) is 0 Å². The molecule has 29 heavy (non-hydrogen) atoms. The summed E-state index contributed by atoms with van der Waals surface area (Å²) in [6, 6.07) is 0. The number of rotatable bonds is 5. The summed E-state index contributed by atoms with van der Waals surface area (Å²) >= 11 is 0. The van der Waals surface area contributed by atoms with E-state index in [0.29, 0.717) is 53.3 Å². The number of hydrogen-bond acceptors (Lipinski definition) is 2. The van der Waals surface area contributed by atoms with Crippen molar-refractivity contribution in [2.45, 2.75) is 104 Å². The Hall–Kier alpha value is -0.570. The van der Waals surface area contributed by atoms with E-state index in [9.17, 15) is 9.90 Å². The molecule has 4 aliphatic carbocycles. The summed E-state index contributed by atoms with van der Waals surface area (Å²) in [6.07, 6.45) is 12.5. The zero-order valence-electron chi connectivity index (χ0n) is 19.2. The number of carboxylic acid groups (broad SMARTS) is 1. The minimum atomic E-state index is -0.662. The number of hydrogen-bond donors (Lipinski definition) is 2. The van der Waals surface area contributed by atoms with Crippen LogP contribution in [0.25, 0.3) is 0 Å². The van der Waals surface area contributed by atoms with Gasteiger partial charge in [0.2, 0.25) is 0 Å². The standard InChI is InChI=1S/C26H44O3/c1-5-17-19-8-6-7-14-25(19,3)21-13-15-26(4)18(16(2)9-12-22(27)28)10-11-20(26)23(21)24(17)29/h16-21,23-24,29H,5-15H2,1-4H3,(H,27,28)/t16-,17-,18-,19+,20?,21?,23?,24-,25?,26?/m1/s1. The van der Waals surface area contributed by atoms with Crippen LogP contribution in [0.4, 0.5) is 0 Å². The molecule has 0 radical (unpaired) electrons. The predicted octanol–water partition coefficient (Wildman–Crippen LogP) is 6.14. The summed E-state index contributed by atoms with van der Waals surface area (Å²) in [5.41, 5.74) is 0.716. The molecule has 0 spiro atoms. The Kier molecular flexibility index (Phi) is 5.86. The lowest BCUT2D eigenvalue weighted by Gasteiger charge is -2.64. The summed E-state index contributed by atoms with van der Waals surface area (Å²) in [4.78, 5) is 11.1. The number of carboxylic acids is 1. The maximum Gasteiger partial charge on any atom is 0.303 e. The molecule has 3 heteroatoms. The Bertz CT molecular complexity index is 617. The molecule has 4 saturated carbocycles. The van der Waals surface area contributed by atoms with Crippen molar-refractivity contribution < 1.29 is 15.0 Å². The molecule has 0 aromatic heterocycles. The van der Waals surface area contributed by atoms with Crippen LogP contribution in [0.15, 0.2) is 0 Å². The molecule has 10 atom stereocenters. The molecule has 0 amide bonds. The quantitative estimate of drug-likeness (QED) is 0.578. The molecule has 0 bridgehead atoms. The minimum absolute atomic E-state index is 0.126. The molecule has 2 N–H and O–H groups in total. The topological polar surface area (TPSA) is 57.5 Å². The van der Waals surface area contributed by atoms with Crippen molar-refractivity contribution in [1.82, 2.24) is 0 Å². The number of aliphatic hydroxyl groups is 1. The SMILES string of the molecule is CC[C@H]1[C@@H](O)C2C3CC[C@H]([C@H](C)CCC(=O)O)C3(C)CCC2C2(C)CCCC[C@@H]12. The minimum Gasteiger partial charge on any atom is -0.481 e. The zero-order chi connectivity index (χ0) is 21.0. The highest BCUT2D eigenvalue weighted by Gasteiger charge is 2.64. The number of fused-ring (bicyclic) bond motifs is 5. The van der Waals surface area contributed by atoms with Gasteiger partial charge < -0.3 is 10.2 Å². The Morgan fingerprint density at radius 2 is 1.72 bits per heavy atom. The molecular weight excluding hydrogens is 360 g/mol. The van der Waals surface area contributed by atoms with Gasteiger partial charge in [-0.25, -0.2) is 0 Å². The third-order valence-corrected chi connectivity index (χ3v) is 10.9. The Morgan fingerprint density at radius 3 is 2.41 bits per heavy atom. The van der Waals surface area contributed by atoms with Crippen LogP contribution in [0.3, 0.4) is 0 Å². The average Bonchev–Trinajstić information content (AvgIpc) is 3.04. The first-order valence-electron chi connectivity index (χ1n) is 12.6. The molecule has 166 valence electrons. The molecular formula is C26H44O3. The van der Waals surface area contributed by atoms with E-state index in [1.165, 1.54) is 51.4 Å². The van der Waals surface area contributed by atoms with E-state index in [-0.39, 0.29) is 11.5 Å². The molecule has 4 aliphatic rings. The molecule has 4 fully saturated rings. The number of carbonyl (C=O) groups is 1. The van der Waals surface area contributed by atoms with Crippen LogP contribution < -0.4 is 0 Å². The average molecular weight is 405 g/mol. The van der Waals surface area contributed by atoms with E-state index in [1.807, 2.05) is 0 Å². The lowest BCUT2D eigenvalue weighted by atomic mass is 9.41. The van der Waals surface area contributed by atoms with Crippen LogP contribution in [0, 0.1) is 52.3 Å². The van der Waals surface area contributed by atoms with E-state index in [4.69, 9.17) is 5.11 Å². The van der Waals surface area contributed by atoms with Gasteiger partial charge in [0.25, 0.3) is 0 Å². The highest BCUT2D eigenvalue weighted by atomic mass is 16.4. The van der Waals surface area contributed by atoms with Crippen LogP contribution in [0.5, 0.6) is 0 Å². The van der Waals surface area contributed by atoms with Gasteiger partial charge >= 0.3 is 5.97 Å². The van der Waals surface area contributed by atoms with E-state index >= 15 is 0 Å². The third kappa shape index (κ3) is 3.29. The van der Waals surface area contributed by atoms with E-state index < -0.39 is 5.97 Å². The fraction of sp³-hybridized carbons (Fsp3) is 0.962. The van der Waals surface area contributed by atoms with Gasteiger partial charge in [-0.1, -0.05) is 47.0 Å². The predicted molar refractivity (Wildman–Crippen MR) is 116 cm³/mol. The van der Waals surface area contributed by atoms with Gasteiger partial charge in [-0.2, -0.15) is 0 Å². The molecule has 0 aliphatic heterocycles. The van der Waals surface area contributed by atoms with E-state index in [2.05, 4.69) is 27.7 Å². The second kappa shape index (κ2) is 7.84. The lowest BCUT2D eigenvalue weighted by molar-refractivity contribution is -0.194. The fourth-order valence-corrected chi connectivity index (χ4v) is 9.57. The van der Waals surface area contributed by atoms with Gasteiger partial charge in [-0.05, 0) is 97.2 Å². The summed E-state index contributed by atoms with van der Waals surface area (Å²) < 4.78 is 0. The fourth-order valence-electron chi connectivity index (χ4n) is 9.57. The van der Waals surface area contributed by atoms with Crippen LogP contribution >= 0.6 is 0 Å². The van der Waals surface area contributed by atoms with Crippen molar-refractivity contribution in [2.75, 3.05) is 0 Å². The normalized spacial score (nSPS) is 50.3. The number of aliphatic hydroxyl groups excluding tert-OH is 1. The van der Waals surface area contributed by atoms with Gasteiger partial charge in [0.05, 0.1) is 6.10 Å². The van der Waals surface area contributed by atoms with Crippen LogP contribution in [0.1, 0.15) is 98.3 Å². The van der Waals surface area contributed by atoms with Crippen LogP contribution in [0.2, 0.25) is 0 Å². The molecule has 4 rings (SSSR count). The summed E-state index contributed by atoms with van der Waals surface area (Å²) in [5.74, 6) is 3.41. The Labute approximate surface area is 178 Å². The monoisotopic (exact) mass is 404 g/mol. The van der Waals surface area contributed by atoms with E-state index in [0.717, 1.165) is 12.8 Å². The molecule has 5 unspecified atom stereocenters. The van der Waals surface area contributed by atoms with Crippen molar-refractivity contribution in [2.24, 2.45) is 52.3 Å². The van der Waals surface area contributed by atoms with E-state index in [1.54, 1.807) is 0 Å². The zero-order valence-corrected chi connectivity index (χ0v) is 19.2. The van der Waals surface area contributed by atoms with Crippen molar-refractivity contribution in [1.29, 1.82) is 0 Å². The van der Waals surface area contributed by atoms with Crippen LogP contribution in [-0.2, 0) is 4.79 Å². The largest absolute Gasteiger partial charge is 0.481 e. The molecule has 0 aromatic carbocycles. The Morgan fingerprint density at radius 1 is 1.00 bits per heavy atom. The maximum absolute atomic E-state index is 11.7. The van der Waals surface area contributed by atoms with Gasteiger partial charge in [0.1, 0.15) is 0 Å².